The lowest BCUT2D eigenvalue weighted by Gasteiger charge is -1.70. The molecule has 0 aromatic heterocycles. The molecular weight excluding hydrogens is 146 g/mol. The van der Waals surface area contributed by atoms with E-state index in [2.05, 4.69) is 5.14 Å². The average Bonchev–Trinajstić information content (AvgIpc) is 1.19. The topological polar surface area (TPSA) is 97.5 Å². The van der Waals surface area contributed by atoms with Crippen molar-refractivity contribution in [2.24, 2.45) is 5.14 Å². The minimum atomic E-state index is -4.17. The highest BCUT2D eigenvalue weighted by Crippen LogP contribution is 1.50. The Bertz CT molecular complexity index is 158. The summed E-state index contributed by atoms with van der Waals surface area (Å²) in [6, 6.07) is 0. The number of nitrogens with two attached hydrogens (primary N) is 1. The lowest BCUT2D eigenvalue weighted by Crippen LogP contribution is -2.08. The summed E-state index contributed by atoms with van der Waals surface area (Å²) < 4.78 is 25.2. The average molecular weight is 155 g/mol. The Morgan fingerprint density at radius 3 is 1.44 bits per heavy atom. The van der Waals surface area contributed by atoms with E-state index in [1.165, 1.54) is 13.8 Å². The van der Waals surface area contributed by atoms with Crippen molar-refractivity contribution < 1.29 is 17.8 Å². The third kappa shape index (κ3) is 1090. The predicted molar refractivity (Wildman–Crippen MR) is 32.1 cm³/mol. The van der Waals surface area contributed by atoms with Gasteiger partial charge in [-0.1, -0.05) is 0 Å². The van der Waals surface area contributed by atoms with Crippen LogP contribution < -0.4 is 5.14 Å². The van der Waals surface area contributed by atoms with Crippen molar-refractivity contribution >= 4 is 16.1 Å². The number of hydrogen-bond donors (Lipinski definition) is 2. The minimum absolute atomic E-state index is 0.167. The summed E-state index contributed by atoms with van der Waals surface area (Å²) in [5.74, 6) is 0.167. The lowest BCUT2D eigenvalue weighted by molar-refractivity contribution is -0.114. The first-order valence-electron chi connectivity index (χ1n) is 1.96. The van der Waals surface area contributed by atoms with Gasteiger partial charge in [0.05, 0.1) is 0 Å². The summed E-state index contributed by atoms with van der Waals surface area (Å²) in [4.78, 5) is 9.44. The molecule has 0 heterocycles. The van der Waals surface area contributed by atoms with Crippen LogP contribution in [0.1, 0.15) is 13.8 Å². The maximum atomic E-state index is 9.44. The largest absolute Gasteiger partial charge is 0.330 e. The molecule has 0 amide bonds. The van der Waals surface area contributed by atoms with Crippen LogP contribution >= 0.6 is 0 Å². The molecule has 0 saturated heterocycles. The van der Waals surface area contributed by atoms with Crippen LogP contribution in [0.4, 0.5) is 0 Å². The van der Waals surface area contributed by atoms with Gasteiger partial charge in [0.2, 0.25) is 0 Å². The van der Waals surface area contributed by atoms with Gasteiger partial charge in [0.25, 0.3) is 0 Å². The van der Waals surface area contributed by atoms with Crippen molar-refractivity contribution in [3.63, 3.8) is 0 Å². The minimum Gasteiger partial charge on any atom is -0.300 e. The SMILES string of the molecule is CC(C)=O.NS(=O)(=O)O. The number of ketones is 1. The molecule has 0 aliphatic rings. The van der Waals surface area contributed by atoms with Crippen molar-refractivity contribution in [3.8, 4) is 0 Å². The normalized spacial score (nSPS) is 9.33. The summed E-state index contributed by atoms with van der Waals surface area (Å²) in [5, 5.41) is 3.88. The molecule has 0 bridgehead atoms. The van der Waals surface area contributed by atoms with E-state index in [0.29, 0.717) is 0 Å². The summed E-state index contributed by atoms with van der Waals surface area (Å²) in [6.45, 7) is 3.06. The number of Topliss-reactive ketones (excluding diaryl/α,β-unsaturated/α-hetero) is 1. The molecule has 0 aliphatic carbocycles. The monoisotopic (exact) mass is 155 g/mol. The Balaban J connectivity index is 0. The molecule has 0 aromatic carbocycles. The second kappa shape index (κ2) is 4.42. The van der Waals surface area contributed by atoms with Gasteiger partial charge in [-0.25, -0.2) is 5.14 Å². The van der Waals surface area contributed by atoms with Gasteiger partial charge in [-0.3, -0.25) is 4.55 Å². The number of carbonyl (C=O) groups excluding carboxylic acids is 1. The van der Waals surface area contributed by atoms with Crippen LogP contribution in [0.2, 0.25) is 0 Å². The molecule has 56 valence electrons. The molecule has 0 saturated carbocycles. The first kappa shape index (κ1) is 11.4. The predicted octanol–water partition coefficient (Wildman–Crippen LogP) is -0.657. The van der Waals surface area contributed by atoms with Crippen LogP contribution in [0.3, 0.4) is 0 Å². The maximum absolute atomic E-state index is 9.44. The Hall–Kier alpha value is -0.460. The molecule has 9 heavy (non-hydrogen) atoms. The lowest BCUT2D eigenvalue weighted by atomic mass is 10.6. The van der Waals surface area contributed by atoms with E-state index in [0.717, 1.165) is 0 Å². The van der Waals surface area contributed by atoms with Crippen molar-refractivity contribution in [3.05, 3.63) is 0 Å². The second-order valence-corrected chi connectivity index (χ2v) is 2.45. The van der Waals surface area contributed by atoms with Crippen LogP contribution in [-0.4, -0.2) is 18.8 Å². The van der Waals surface area contributed by atoms with Gasteiger partial charge < -0.3 is 4.79 Å². The zero-order valence-corrected chi connectivity index (χ0v) is 5.97. The molecule has 0 atom stereocenters. The van der Waals surface area contributed by atoms with Crippen molar-refractivity contribution in [1.82, 2.24) is 0 Å². The fraction of sp³-hybridized carbons (Fsp3) is 0.667. The summed E-state index contributed by atoms with van der Waals surface area (Å²) in [7, 11) is -4.17. The van der Waals surface area contributed by atoms with E-state index in [1.807, 2.05) is 0 Å². The van der Waals surface area contributed by atoms with Gasteiger partial charge in [0.1, 0.15) is 5.78 Å². The van der Waals surface area contributed by atoms with Crippen LogP contribution in [0, 0.1) is 0 Å². The molecule has 0 aliphatic heterocycles. The Morgan fingerprint density at radius 1 is 1.44 bits per heavy atom. The van der Waals surface area contributed by atoms with E-state index < -0.39 is 10.3 Å². The van der Waals surface area contributed by atoms with Crippen molar-refractivity contribution in [2.75, 3.05) is 0 Å². The summed E-state index contributed by atoms with van der Waals surface area (Å²) >= 11 is 0. The smallest absolute Gasteiger partial charge is 0.300 e. The van der Waals surface area contributed by atoms with E-state index in [9.17, 15) is 4.79 Å². The van der Waals surface area contributed by atoms with Crippen LogP contribution in [-0.2, 0) is 15.1 Å². The van der Waals surface area contributed by atoms with E-state index in [1.54, 1.807) is 0 Å². The van der Waals surface area contributed by atoms with Gasteiger partial charge >= 0.3 is 10.3 Å². The highest BCUT2D eigenvalue weighted by Gasteiger charge is 1.81. The van der Waals surface area contributed by atoms with E-state index in [4.69, 9.17) is 13.0 Å². The van der Waals surface area contributed by atoms with Gasteiger partial charge in [0, 0.05) is 0 Å². The molecular formula is C3H9NO4S. The Morgan fingerprint density at radius 2 is 1.44 bits per heavy atom. The summed E-state index contributed by atoms with van der Waals surface area (Å²) in [6.07, 6.45) is 0. The van der Waals surface area contributed by atoms with Crippen LogP contribution in [0.5, 0.6) is 0 Å². The zero-order valence-electron chi connectivity index (χ0n) is 5.16. The maximum Gasteiger partial charge on any atom is 0.330 e. The van der Waals surface area contributed by atoms with Crippen molar-refractivity contribution in [1.29, 1.82) is 0 Å². The van der Waals surface area contributed by atoms with Gasteiger partial charge in [-0.15, -0.1) is 0 Å². The van der Waals surface area contributed by atoms with E-state index >= 15 is 0 Å². The summed E-state index contributed by atoms with van der Waals surface area (Å²) in [5.41, 5.74) is 0. The molecule has 0 rings (SSSR count). The fourth-order valence-electron chi connectivity index (χ4n) is 0. The van der Waals surface area contributed by atoms with Crippen LogP contribution in [0.15, 0.2) is 0 Å². The highest BCUT2D eigenvalue weighted by atomic mass is 32.2. The molecule has 0 unspecified atom stereocenters. The third-order valence-electron chi connectivity index (χ3n) is 0. The molecule has 0 fully saturated rings. The molecule has 5 nitrogen and oxygen atoms in total. The second-order valence-electron chi connectivity index (χ2n) is 1.42. The standard InChI is InChI=1S/C3H6O.H3NO3S/c1-3(2)4;1-5(2,3)4/h1-2H3;(H3,1,2,3,4). The molecule has 6 heteroatoms. The highest BCUT2D eigenvalue weighted by molar-refractivity contribution is 7.83. The zero-order chi connectivity index (χ0) is 8.08. The van der Waals surface area contributed by atoms with Gasteiger partial charge in [-0.2, -0.15) is 8.42 Å². The van der Waals surface area contributed by atoms with Crippen molar-refractivity contribution in [2.45, 2.75) is 13.8 Å². The van der Waals surface area contributed by atoms with E-state index in [-0.39, 0.29) is 5.78 Å². The molecule has 0 radical (unpaired) electrons. The Labute approximate surface area is 53.7 Å². The third-order valence-corrected chi connectivity index (χ3v) is 0. The molecule has 0 aromatic rings. The quantitative estimate of drug-likeness (QED) is 0.454. The number of rotatable bonds is 0. The fourth-order valence-corrected chi connectivity index (χ4v) is 0. The first-order chi connectivity index (χ1) is 3.73. The molecule has 0 spiro atoms. The van der Waals surface area contributed by atoms with Crippen LogP contribution in [0.25, 0.3) is 0 Å². The van der Waals surface area contributed by atoms with Gasteiger partial charge in [0.15, 0.2) is 0 Å². The van der Waals surface area contributed by atoms with Gasteiger partial charge in [-0.05, 0) is 13.8 Å². The molecule has 3 N–H and O–H groups in total. The first-order valence-corrected chi connectivity index (χ1v) is 3.46. The number of carbonyl (C=O) groups is 1. The number of hydrogen-bond acceptors (Lipinski definition) is 3. The Kier molecular flexibility index (Phi) is 5.58.